The van der Waals surface area contributed by atoms with Crippen molar-refractivity contribution in [3.63, 3.8) is 0 Å². The summed E-state index contributed by atoms with van der Waals surface area (Å²) in [5.41, 5.74) is 1.19. The van der Waals surface area contributed by atoms with Gasteiger partial charge in [0.1, 0.15) is 6.33 Å². The Labute approximate surface area is 142 Å². The van der Waals surface area contributed by atoms with E-state index in [0.717, 1.165) is 0 Å². The molecule has 0 spiro atoms. The van der Waals surface area contributed by atoms with Crippen molar-refractivity contribution in [3.05, 3.63) is 75.6 Å². The number of halogens is 1. The molecule has 0 saturated carbocycles. The van der Waals surface area contributed by atoms with E-state index in [4.69, 9.17) is 11.6 Å². The second kappa shape index (κ2) is 6.77. The van der Waals surface area contributed by atoms with Crippen LogP contribution >= 0.6 is 11.6 Å². The Morgan fingerprint density at radius 3 is 2.79 bits per heavy atom. The van der Waals surface area contributed by atoms with Crippen molar-refractivity contribution in [1.82, 2.24) is 14.8 Å². The summed E-state index contributed by atoms with van der Waals surface area (Å²) in [7, 11) is 0. The van der Waals surface area contributed by atoms with Gasteiger partial charge in [-0.05, 0) is 17.7 Å². The maximum absolute atomic E-state index is 10.8. The van der Waals surface area contributed by atoms with Crippen LogP contribution in [0.2, 0.25) is 5.02 Å². The second-order valence-electron chi connectivity index (χ2n) is 5.17. The summed E-state index contributed by atoms with van der Waals surface area (Å²) >= 11 is 5.92. The number of rotatable bonds is 5. The third kappa shape index (κ3) is 3.58. The van der Waals surface area contributed by atoms with Gasteiger partial charge in [-0.2, -0.15) is 5.10 Å². The largest absolute Gasteiger partial charge is 0.386 e. The molecule has 1 atom stereocenters. The molecule has 2 aromatic carbocycles. The van der Waals surface area contributed by atoms with Gasteiger partial charge in [0.15, 0.2) is 5.82 Å². The number of nitro groups is 1. The SMILES string of the molecule is O=[N+]([O-])c1cccc(-c2ncn(CC(O)c3cccc(Cl)c3)n2)c1. The first-order chi connectivity index (χ1) is 11.5. The van der Waals surface area contributed by atoms with Gasteiger partial charge in [0.2, 0.25) is 0 Å². The third-order valence-corrected chi connectivity index (χ3v) is 3.68. The normalized spacial score (nSPS) is 12.1. The van der Waals surface area contributed by atoms with Crippen LogP contribution in [0.25, 0.3) is 11.4 Å². The molecule has 0 fully saturated rings. The third-order valence-electron chi connectivity index (χ3n) is 3.45. The fourth-order valence-corrected chi connectivity index (χ4v) is 2.47. The fraction of sp³-hybridized carbons (Fsp3) is 0.125. The predicted molar refractivity (Wildman–Crippen MR) is 88.5 cm³/mol. The number of benzene rings is 2. The minimum atomic E-state index is -0.789. The zero-order valence-electron chi connectivity index (χ0n) is 12.4. The molecular formula is C16H13ClN4O3. The number of non-ortho nitro benzene ring substituents is 1. The number of aromatic nitrogens is 3. The highest BCUT2D eigenvalue weighted by molar-refractivity contribution is 6.30. The lowest BCUT2D eigenvalue weighted by Crippen LogP contribution is -2.09. The van der Waals surface area contributed by atoms with Crippen molar-refractivity contribution in [2.24, 2.45) is 0 Å². The lowest BCUT2D eigenvalue weighted by Gasteiger charge is -2.10. The number of aliphatic hydroxyl groups excluding tert-OH is 1. The summed E-state index contributed by atoms with van der Waals surface area (Å²) in [6.45, 7) is 0.197. The monoisotopic (exact) mass is 344 g/mol. The van der Waals surface area contributed by atoms with E-state index in [9.17, 15) is 15.2 Å². The number of hydrogen-bond acceptors (Lipinski definition) is 5. The fourth-order valence-electron chi connectivity index (χ4n) is 2.27. The highest BCUT2D eigenvalue weighted by Crippen LogP contribution is 2.22. The highest BCUT2D eigenvalue weighted by Gasteiger charge is 2.13. The molecule has 0 amide bonds. The Morgan fingerprint density at radius 2 is 2.04 bits per heavy atom. The van der Waals surface area contributed by atoms with Crippen LogP contribution in [-0.4, -0.2) is 24.8 Å². The van der Waals surface area contributed by atoms with Crippen molar-refractivity contribution < 1.29 is 10.0 Å². The highest BCUT2D eigenvalue weighted by atomic mass is 35.5. The Bertz CT molecular complexity index is 881. The van der Waals surface area contributed by atoms with Crippen LogP contribution in [0.4, 0.5) is 5.69 Å². The second-order valence-corrected chi connectivity index (χ2v) is 5.60. The van der Waals surface area contributed by atoms with Gasteiger partial charge in [0, 0.05) is 22.7 Å². The zero-order valence-corrected chi connectivity index (χ0v) is 13.2. The predicted octanol–water partition coefficient (Wildman–Crippen LogP) is 3.24. The minimum absolute atomic E-state index is 0.0252. The van der Waals surface area contributed by atoms with E-state index in [1.807, 2.05) is 0 Å². The van der Waals surface area contributed by atoms with E-state index in [2.05, 4.69) is 10.1 Å². The van der Waals surface area contributed by atoms with E-state index < -0.39 is 11.0 Å². The van der Waals surface area contributed by atoms with Crippen molar-refractivity contribution >= 4 is 17.3 Å². The van der Waals surface area contributed by atoms with Gasteiger partial charge in [-0.1, -0.05) is 35.9 Å². The molecule has 3 rings (SSSR count). The summed E-state index contributed by atoms with van der Waals surface area (Å²) in [6, 6.07) is 13.0. The maximum atomic E-state index is 10.8. The first kappa shape index (κ1) is 16.1. The van der Waals surface area contributed by atoms with E-state index in [1.54, 1.807) is 36.4 Å². The minimum Gasteiger partial charge on any atom is -0.386 e. The average molecular weight is 345 g/mol. The lowest BCUT2D eigenvalue weighted by atomic mass is 10.1. The molecule has 0 aliphatic heterocycles. The van der Waals surface area contributed by atoms with E-state index in [1.165, 1.54) is 23.1 Å². The van der Waals surface area contributed by atoms with Crippen molar-refractivity contribution in [2.75, 3.05) is 0 Å². The molecule has 8 heteroatoms. The number of nitro benzene ring substituents is 1. The zero-order chi connectivity index (χ0) is 17.1. The van der Waals surface area contributed by atoms with Gasteiger partial charge >= 0.3 is 0 Å². The lowest BCUT2D eigenvalue weighted by molar-refractivity contribution is -0.384. The van der Waals surface area contributed by atoms with Gasteiger partial charge in [0.05, 0.1) is 17.6 Å². The number of hydrogen-bond donors (Lipinski definition) is 1. The molecule has 1 heterocycles. The molecule has 1 N–H and O–H groups in total. The van der Waals surface area contributed by atoms with Crippen molar-refractivity contribution in [2.45, 2.75) is 12.6 Å². The van der Waals surface area contributed by atoms with E-state index in [0.29, 0.717) is 22.0 Å². The van der Waals surface area contributed by atoms with Crippen molar-refractivity contribution in [3.8, 4) is 11.4 Å². The molecule has 24 heavy (non-hydrogen) atoms. The van der Waals surface area contributed by atoms with Crippen LogP contribution in [0.15, 0.2) is 54.9 Å². The van der Waals surface area contributed by atoms with Crippen molar-refractivity contribution in [1.29, 1.82) is 0 Å². The maximum Gasteiger partial charge on any atom is 0.270 e. The number of nitrogens with zero attached hydrogens (tertiary/aromatic N) is 4. The Morgan fingerprint density at radius 1 is 1.25 bits per heavy atom. The Balaban J connectivity index is 1.78. The summed E-state index contributed by atoms with van der Waals surface area (Å²) in [4.78, 5) is 14.5. The summed E-state index contributed by atoms with van der Waals surface area (Å²) in [5, 5.41) is 25.9. The smallest absolute Gasteiger partial charge is 0.270 e. The van der Waals surface area contributed by atoms with Crippen LogP contribution < -0.4 is 0 Å². The molecule has 0 saturated heterocycles. The molecule has 122 valence electrons. The van der Waals surface area contributed by atoms with Crippen LogP contribution in [0, 0.1) is 10.1 Å². The van der Waals surface area contributed by atoms with Gasteiger partial charge in [-0.3, -0.25) is 10.1 Å². The molecule has 7 nitrogen and oxygen atoms in total. The summed E-state index contributed by atoms with van der Waals surface area (Å²) < 4.78 is 1.49. The van der Waals surface area contributed by atoms with Gasteiger partial charge in [-0.25, -0.2) is 9.67 Å². The quantitative estimate of drug-likeness (QED) is 0.566. The van der Waals surface area contributed by atoms with Crippen LogP contribution in [0.1, 0.15) is 11.7 Å². The molecule has 1 unspecified atom stereocenters. The first-order valence-corrected chi connectivity index (χ1v) is 7.48. The summed E-state index contributed by atoms with van der Waals surface area (Å²) in [5.74, 6) is 0.358. The molecule has 0 radical (unpaired) electrons. The molecule has 3 aromatic rings. The van der Waals surface area contributed by atoms with Crippen LogP contribution in [0.3, 0.4) is 0 Å². The molecular weight excluding hydrogens is 332 g/mol. The Hall–Kier alpha value is -2.77. The van der Waals surface area contributed by atoms with Crippen LogP contribution in [-0.2, 0) is 6.54 Å². The average Bonchev–Trinajstić information content (AvgIpc) is 3.03. The van der Waals surface area contributed by atoms with Gasteiger partial charge < -0.3 is 5.11 Å². The molecule has 1 aromatic heterocycles. The molecule has 0 bridgehead atoms. The standard InChI is InChI=1S/C16H13ClN4O3/c17-13-5-1-3-11(7-13)15(22)9-20-10-18-16(19-20)12-4-2-6-14(8-12)21(23)24/h1-8,10,15,22H,9H2. The first-order valence-electron chi connectivity index (χ1n) is 7.11. The Kier molecular flexibility index (Phi) is 4.54. The molecule has 0 aliphatic carbocycles. The van der Waals surface area contributed by atoms with Gasteiger partial charge in [-0.15, -0.1) is 0 Å². The topological polar surface area (TPSA) is 94.1 Å². The van der Waals surface area contributed by atoms with E-state index in [-0.39, 0.29) is 12.2 Å². The summed E-state index contributed by atoms with van der Waals surface area (Å²) in [6.07, 6.45) is 0.686. The molecule has 0 aliphatic rings. The van der Waals surface area contributed by atoms with E-state index >= 15 is 0 Å². The number of aliphatic hydroxyl groups is 1. The van der Waals surface area contributed by atoms with Crippen LogP contribution in [0.5, 0.6) is 0 Å². The van der Waals surface area contributed by atoms with Gasteiger partial charge in [0.25, 0.3) is 5.69 Å².